The van der Waals surface area contributed by atoms with E-state index in [1.54, 1.807) is 0 Å². The smallest absolute Gasteiger partial charge is 0.228 e. The number of halogens is 2. The molecule has 5 heteroatoms. The van der Waals surface area contributed by atoms with Crippen molar-refractivity contribution in [2.24, 2.45) is 29.6 Å². The van der Waals surface area contributed by atoms with Gasteiger partial charge in [0.05, 0.1) is 5.69 Å². The summed E-state index contributed by atoms with van der Waals surface area (Å²) in [4.78, 5) is 12.5. The zero-order valence-corrected chi connectivity index (χ0v) is 14.1. The van der Waals surface area contributed by atoms with E-state index in [1.165, 1.54) is 19.3 Å². The minimum atomic E-state index is 0.183. The number of benzene rings is 1. The van der Waals surface area contributed by atoms with Crippen LogP contribution in [0.25, 0.3) is 0 Å². The molecule has 0 radical (unpaired) electrons. The van der Waals surface area contributed by atoms with Gasteiger partial charge in [-0.2, -0.15) is 0 Å². The molecule has 1 aromatic carbocycles. The second-order valence-corrected chi connectivity index (χ2v) is 8.07. The van der Waals surface area contributed by atoms with Gasteiger partial charge in [-0.25, -0.2) is 0 Å². The number of hydrogen-bond acceptors (Lipinski definition) is 2. The van der Waals surface area contributed by atoms with Crippen molar-refractivity contribution in [2.45, 2.75) is 19.3 Å². The molecule has 3 nitrogen and oxygen atoms in total. The Bertz CT molecular complexity index is 565. The predicted molar refractivity (Wildman–Crippen MR) is 86.2 cm³/mol. The second kappa shape index (κ2) is 4.47. The number of carbonyl (C=O) groups excluding carboxylic acids is 1. The van der Waals surface area contributed by atoms with E-state index in [1.807, 2.05) is 12.1 Å². The zero-order chi connectivity index (χ0) is 14.0. The van der Waals surface area contributed by atoms with E-state index in [0.717, 1.165) is 26.5 Å². The molecule has 0 heterocycles. The lowest BCUT2D eigenvalue weighted by Gasteiger charge is -2.13. The van der Waals surface area contributed by atoms with Gasteiger partial charge in [-0.05, 0) is 86.9 Å². The molecule has 3 aliphatic carbocycles. The van der Waals surface area contributed by atoms with Crippen molar-refractivity contribution in [1.82, 2.24) is 0 Å². The quantitative estimate of drug-likeness (QED) is 0.737. The third-order valence-electron chi connectivity index (χ3n) is 5.35. The number of fused-ring (bicyclic) bond motifs is 5. The SMILES string of the molecule is Nc1cc(Br)c(NC(=O)C2C3C4CCC(C4)C23)c(Br)c1. The Balaban J connectivity index is 1.52. The molecule has 3 N–H and O–H groups in total. The summed E-state index contributed by atoms with van der Waals surface area (Å²) in [6.07, 6.45) is 4.05. The van der Waals surface area contributed by atoms with Gasteiger partial charge in [-0.1, -0.05) is 0 Å². The minimum absolute atomic E-state index is 0.183. The Morgan fingerprint density at radius 3 is 2.25 bits per heavy atom. The van der Waals surface area contributed by atoms with E-state index < -0.39 is 0 Å². The first-order valence-electron chi connectivity index (χ1n) is 7.11. The van der Waals surface area contributed by atoms with E-state index in [-0.39, 0.29) is 11.8 Å². The first kappa shape index (κ1) is 13.1. The molecular formula is C15H16Br2N2O. The van der Waals surface area contributed by atoms with Crippen molar-refractivity contribution in [3.8, 4) is 0 Å². The molecule has 0 aromatic heterocycles. The van der Waals surface area contributed by atoms with E-state index >= 15 is 0 Å². The molecule has 0 spiro atoms. The van der Waals surface area contributed by atoms with Crippen LogP contribution in [0.3, 0.4) is 0 Å². The first-order chi connectivity index (χ1) is 9.56. The van der Waals surface area contributed by atoms with Gasteiger partial charge in [-0.3, -0.25) is 4.79 Å². The molecule has 20 heavy (non-hydrogen) atoms. The topological polar surface area (TPSA) is 55.1 Å². The molecule has 4 atom stereocenters. The lowest BCUT2D eigenvalue weighted by molar-refractivity contribution is -0.118. The number of hydrogen-bond donors (Lipinski definition) is 2. The van der Waals surface area contributed by atoms with Gasteiger partial charge < -0.3 is 11.1 Å². The van der Waals surface area contributed by atoms with Crippen molar-refractivity contribution in [2.75, 3.05) is 11.1 Å². The van der Waals surface area contributed by atoms with Crippen LogP contribution in [-0.2, 0) is 4.79 Å². The van der Waals surface area contributed by atoms with Crippen molar-refractivity contribution in [3.05, 3.63) is 21.1 Å². The number of amides is 1. The number of nitrogens with one attached hydrogen (secondary N) is 1. The fourth-order valence-electron chi connectivity index (χ4n) is 4.59. The maximum atomic E-state index is 12.5. The van der Waals surface area contributed by atoms with Gasteiger partial charge in [0, 0.05) is 20.6 Å². The van der Waals surface area contributed by atoms with Gasteiger partial charge in [0.15, 0.2) is 0 Å². The summed E-state index contributed by atoms with van der Waals surface area (Å²) >= 11 is 6.94. The molecule has 3 fully saturated rings. The molecule has 3 aliphatic rings. The molecule has 3 saturated carbocycles. The van der Waals surface area contributed by atoms with Crippen LogP contribution in [0.2, 0.25) is 0 Å². The number of nitrogens with two attached hydrogens (primary N) is 1. The van der Waals surface area contributed by atoms with E-state index in [4.69, 9.17) is 5.73 Å². The number of anilines is 2. The van der Waals surface area contributed by atoms with Crippen LogP contribution in [0.1, 0.15) is 19.3 Å². The van der Waals surface area contributed by atoms with Crippen LogP contribution in [0.5, 0.6) is 0 Å². The van der Waals surface area contributed by atoms with Crippen LogP contribution in [0.15, 0.2) is 21.1 Å². The summed E-state index contributed by atoms with van der Waals surface area (Å²) in [5.74, 6) is 3.40. The van der Waals surface area contributed by atoms with E-state index in [0.29, 0.717) is 17.5 Å². The summed E-state index contributed by atoms with van der Waals surface area (Å²) in [5, 5.41) is 3.08. The minimum Gasteiger partial charge on any atom is -0.399 e. The van der Waals surface area contributed by atoms with Crippen molar-refractivity contribution in [3.63, 3.8) is 0 Å². The molecule has 4 rings (SSSR count). The van der Waals surface area contributed by atoms with E-state index in [2.05, 4.69) is 37.2 Å². The number of carbonyl (C=O) groups is 1. The van der Waals surface area contributed by atoms with Gasteiger partial charge >= 0.3 is 0 Å². The largest absolute Gasteiger partial charge is 0.399 e. The van der Waals surface area contributed by atoms with Gasteiger partial charge in [0.2, 0.25) is 5.91 Å². The maximum absolute atomic E-state index is 12.5. The number of nitrogen functional groups attached to an aromatic ring is 1. The monoisotopic (exact) mass is 398 g/mol. The molecule has 1 amide bonds. The Kier molecular flexibility index (Phi) is 2.94. The fraction of sp³-hybridized carbons (Fsp3) is 0.533. The Hall–Kier alpha value is -0.550. The lowest BCUT2D eigenvalue weighted by Crippen LogP contribution is -2.19. The molecule has 0 aliphatic heterocycles. The molecule has 0 saturated heterocycles. The Morgan fingerprint density at radius 2 is 1.70 bits per heavy atom. The van der Waals surface area contributed by atoms with Crippen LogP contribution >= 0.6 is 31.9 Å². The van der Waals surface area contributed by atoms with Crippen LogP contribution in [-0.4, -0.2) is 5.91 Å². The summed E-state index contributed by atoms with van der Waals surface area (Å²) in [5.41, 5.74) is 7.24. The fourth-order valence-corrected chi connectivity index (χ4v) is 6.01. The van der Waals surface area contributed by atoms with Gasteiger partial charge in [0.1, 0.15) is 0 Å². The first-order valence-corrected chi connectivity index (χ1v) is 8.70. The van der Waals surface area contributed by atoms with Crippen LogP contribution < -0.4 is 11.1 Å². The number of rotatable bonds is 2. The van der Waals surface area contributed by atoms with Gasteiger partial charge in [-0.15, -0.1) is 0 Å². The predicted octanol–water partition coefficient (Wildman–Crippen LogP) is 4.02. The molecular weight excluding hydrogens is 384 g/mol. The summed E-state index contributed by atoms with van der Waals surface area (Å²) in [6.45, 7) is 0. The van der Waals surface area contributed by atoms with Crippen molar-refractivity contribution >= 4 is 49.1 Å². The van der Waals surface area contributed by atoms with Crippen LogP contribution in [0.4, 0.5) is 11.4 Å². The van der Waals surface area contributed by atoms with Crippen LogP contribution in [0, 0.1) is 29.6 Å². The van der Waals surface area contributed by atoms with E-state index in [9.17, 15) is 4.79 Å². The third kappa shape index (κ3) is 1.86. The third-order valence-corrected chi connectivity index (χ3v) is 6.60. The van der Waals surface area contributed by atoms with Gasteiger partial charge in [0.25, 0.3) is 0 Å². The zero-order valence-electron chi connectivity index (χ0n) is 10.9. The summed E-state index contributed by atoms with van der Waals surface area (Å²) < 4.78 is 1.65. The summed E-state index contributed by atoms with van der Waals surface area (Å²) in [7, 11) is 0. The molecule has 1 aromatic rings. The maximum Gasteiger partial charge on any atom is 0.228 e. The average molecular weight is 400 g/mol. The average Bonchev–Trinajstić information content (AvgIpc) is 2.82. The molecule has 106 valence electrons. The lowest BCUT2D eigenvalue weighted by atomic mass is 10.0. The highest BCUT2D eigenvalue weighted by molar-refractivity contribution is 9.11. The second-order valence-electron chi connectivity index (χ2n) is 6.36. The standard InChI is InChI=1S/C15H16Br2N2O/c16-9-4-8(18)5-10(17)14(9)19-15(20)13-11-6-1-2-7(3-6)12(11)13/h4-7,11-13H,1-3,18H2,(H,19,20). The van der Waals surface area contributed by atoms with Crippen molar-refractivity contribution < 1.29 is 4.79 Å². The molecule has 2 bridgehead atoms. The normalized spacial score (nSPS) is 36.8. The Morgan fingerprint density at radius 1 is 1.15 bits per heavy atom. The molecule has 4 unspecified atom stereocenters. The van der Waals surface area contributed by atoms with Crippen molar-refractivity contribution in [1.29, 1.82) is 0 Å². The highest BCUT2D eigenvalue weighted by atomic mass is 79.9. The Labute approximate surface area is 134 Å². The summed E-state index contributed by atoms with van der Waals surface area (Å²) in [6, 6.07) is 3.63. The highest BCUT2D eigenvalue weighted by Crippen LogP contribution is 2.69. The highest BCUT2D eigenvalue weighted by Gasteiger charge is 2.67.